The molecule has 0 saturated heterocycles. The molecule has 308 valence electrons. The summed E-state index contributed by atoms with van der Waals surface area (Å²) in [6, 6.07) is 81.1. The third kappa shape index (κ3) is 4.43. The summed E-state index contributed by atoms with van der Waals surface area (Å²) in [6.07, 6.45) is 0. The van der Waals surface area contributed by atoms with Gasteiger partial charge in [-0.2, -0.15) is 0 Å². The van der Waals surface area contributed by atoms with Crippen molar-refractivity contribution in [2.24, 2.45) is 0 Å². The highest BCUT2D eigenvalue weighted by atomic mass is 16.5. The fourth-order valence-electron chi connectivity index (χ4n) is 12.3. The van der Waals surface area contributed by atoms with E-state index in [-0.39, 0.29) is 0 Å². The van der Waals surface area contributed by atoms with E-state index in [9.17, 15) is 0 Å². The molecule has 66 heavy (non-hydrogen) atoms. The van der Waals surface area contributed by atoms with Crippen LogP contribution in [-0.4, -0.2) is 0 Å². The van der Waals surface area contributed by atoms with Gasteiger partial charge in [0, 0.05) is 44.4 Å². The van der Waals surface area contributed by atoms with Crippen molar-refractivity contribution in [1.82, 2.24) is 0 Å². The van der Waals surface area contributed by atoms with Crippen LogP contribution < -0.4 is 14.4 Å². The molecule has 0 unspecified atom stereocenters. The lowest BCUT2D eigenvalue weighted by molar-refractivity contribution is 0.436. The third-order valence-corrected chi connectivity index (χ3v) is 14.8. The summed E-state index contributed by atoms with van der Waals surface area (Å²) in [5.74, 6) is 3.53. The first-order chi connectivity index (χ1) is 32.7. The van der Waals surface area contributed by atoms with E-state index in [2.05, 4.69) is 223 Å². The molecule has 4 heteroatoms. The van der Waals surface area contributed by atoms with Gasteiger partial charge in [-0.15, -0.1) is 0 Å². The van der Waals surface area contributed by atoms with Crippen LogP contribution >= 0.6 is 0 Å². The summed E-state index contributed by atoms with van der Waals surface area (Å²) in [4.78, 5) is 2.41. The molecule has 2 spiro atoms. The summed E-state index contributed by atoms with van der Waals surface area (Å²) in [6.45, 7) is 0. The zero-order valence-electron chi connectivity index (χ0n) is 35.5. The standard InChI is InChI=1S/C62H37NO3/c1-4-20-46-40(16-1)44-36-38(32-34-48(44)61(46)50-22-6-11-28-56(50)64-57-29-12-7-23-51(57)61)63(54-26-15-19-43-42-18-3-10-27-55(42)66-60(43)54)39-33-35-49-45(37-39)41-17-2-5-21-47(41)62(49)52-24-8-13-30-58(52)65-59-31-14-9-25-53(59)62/h1-37H. The lowest BCUT2D eigenvalue weighted by Gasteiger charge is -2.39. The van der Waals surface area contributed by atoms with Gasteiger partial charge < -0.3 is 18.8 Å². The average molecular weight is 844 g/mol. The molecule has 0 atom stereocenters. The van der Waals surface area contributed by atoms with Crippen LogP contribution in [0.3, 0.4) is 0 Å². The van der Waals surface area contributed by atoms with E-state index in [4.69, 9.17) is 13.9 Å². The Hall–Kier alpha value is -8.60. The Labute approximate surface area is 381 Å². The molecule has 2 aliphatic heterocycles. The maximum absolute atomic E-state index is 6.87. The molecule has 3 heterocycles. The molecule has 0 amide bonds. The molecule has 0 N–H and O–H groups in total. The van der Waals surface area contributed by atoms with Gasteiger partial charge in [-0.25, -0.2) is 0 Å². The molecule has 0 radical (unpaired) electrons. The molecule has 10 aromatic carbocycles. The molecule has 1 aromatic heterocycles. The van der Waals surface area contributed by atoms with Gasteiger partial charge in [0.2, 0.25) is 0 Å². The van der Waals surface area contributed by atoms with Gasteiger partial charge in [0.1, 0.15) is 28.6 Å². The number of nitrogens with zero attached hydrogens (tertiary/aromatic N) is 1. The zero-order chi connectivity index (χ0) is 43.1. The lowest BCUT2D eigenvalue weighted by Crippen LogP contribution is -2.32. The Bertz CT molecular complexity index is 3590. The topological polar surface area (TPSA) is 34.8 Å². The van der Waals surface area contributed by atoms with Gasteiger partial charge in [-0.1, -0.05) is 164 Å². The zero-order valence-corrected chi connectivity index (χ0v) is 35.5. The van der Waals surface area contributed by atoms with E-state index >= 15 is 0 Å². The van der Waals surface area contributed by atoms with Gasteiger partial charge in [0.25, 0.3) is 0 Å². The Balaban J connectivity index is 1.01. The molecule has 2 aliphatic carbocycles. The van der Waals surface area contributed by atoms with E-state index in [1.807, 2.05) is 6.07 Å². The van der Waals surface area contributed by atoms with Crippen LogP contribution in [0.1, 0.15) is 44.5 Å². The van der Waals surface area contributed by atoms with Gasteiger partial charge in [0.05, 0.1) is 16.5 Å². The number of para-hydroxylation sites is 6. The van der Waals surface area contributed by atoms with Gasteiger partial charge >= 0.3 is 0 Å². The van der Waals surface area contributed by atoms with Crippen molar-refractivity contribution in [2.45, 2.75) is 10.8 Å². The molecule has 0 saturated carbocycles. The Kier molecular flexibility index (Phi) is 7.05. The van der Waals surface area contributed by atoms with E-state index in [0.717, 1.165) is 84.3 Å². The first-order valence-corrected chi connectivity index (χ1v) is 22.7. The molecule has 11 aromatic rings. The highest BCUT2D eigenvalue weighted by Crippen LogP contribution is 2.65. The number of hydrogen-bond acceptors (Lipinski definition) is 4. The maximum Gasteiger partial charge on any atom is 0.159 e. The summed E-state index contributed by atoms with van der Waals surface area (Å²) >= 11 is 0. The lowest BCUT2D eigenvalue weighted by atomic mass is 9.66. The van der Waals surface area contributed by atoms with Crippen molar-refractivity contribution in [3.63, 3.8) is 0 Å². The quantitative estimate of drug-likeness (QED) is 0.177. The number of rotatable bonds is 3. The molecule has 0 fully saturated rings. The third-order valence-electron chi connectivity index (χ3n) is 14.8. The molecular formula is C62H37NO3. The normalized spacial score (nSPS) is 14.5. The summed E-state index contributed by atoms with van der Waals surface area (Å²) in [5.41, 5.74) is 18.0. The second-order valence-corrected chi connectivity index (χ2v) is 17.8. The maximum atomic E-state index is 6.87. The van der Waals surface area contributed by atoms with E-state index in [0.29, 0.717) is 0 Å². The molecule has 0 bridgehead atoms. The number of hydrogen-bond donors (Lipinski definition) is 0. The number of benzene rings is 10. The van der Waals surface area contributed by atoms with Gasteiger partial charge in [-0.3, -0.25) is 0 Å². The summed E-state index contributed by atoms with van der Waals surface area (Å²) < 4.78 is 20.2. The average Bonchev–Trinajstić information content (AvgIpc) is 4.00. The highest BCUT2D eigenvalue weighted by Gasteiger charge is 2.53. The van der Waals surface area contributed by atoms with Crippen molar-refractivity contribution < 1.29 is 13.9 Å². The minimum Gasteiger partial charge on any atom is -0.457 e. The predicted molar refractivity (Wildman–Crippen MR) is 263 cm³/mol. The highest BCUT2D eigenvalue weighted by molar-refractivity contribution is 6.10. The van der Waals surface area contributed by atoms with Crippen LogP contribution in [0, 0.1) is 0 Å². The minimum absolute atomic E-state index is 0.568. The molecular weight excluding hydrogens is 807 g/mol. The largest absolute Gasteiger partial charge is 0.457 e. The van der Waals surface area contributed by atoms with Crippen LogP contribution in [0.15, 0.2) is 229 Å². The summed E-state index contributed by atoms with van der Waals surface area (Å²) in [5, 5.41) is 2.17. The first-order valence-electron chi connectivity index (χ1n) is 22.7. The van der Waals surface area contributed by atoms with Gasteiger partial charge in [0.15, 0.2) is 5.58 Å². The summed E-state index contributed by atoms with van der Waals surface area (Å²) in [7, 11) is 0. The second-order valence-electron chi connectivity index (χ2n) is 17.8. The van der Waals surface area contributed by atoms with Crippen LogP contribution in [-0.2, 0) is 10.8 Å². The number of fused-ring (bicyclic) bond motifs is 21. The molecule has 4 aliphatic rings. The van der Waals surface area contributed by atoms with Crippen molar-refractivity contribution in [1.29, 1.82) is 0 Å². The fraction of sp³-hybridized carbons (Fsp3) is 0.0323. The predicted octanol–water partition coefficient (Wildman–Crippen LogP) is 16.0. The number of furan rings is 1. The van der Waals surface area contributed by atoms with Crippen molar-refractivity contribution in [2.75, 3.05) is 4.90 Å². The second kappa shape index (κ2) is 13.0. The van der Waals surface area contributed by atoms with Crippen LogP contribution in [0.25, 0.3) is 44.2 Å². The SMILES string of the molecule is c1ccc2c(c1)Oc1ccccc1C21c2ccccc2-c2cc(N(c3ccc4c(c3)-c3ccccc3C43c4ccccc4Oc4ccccc43)c3cccc4c3oc3ccccc34)ccc21. The Morgan fingerprint density at radius 3 is 1.20 bits per heavy atom. The number of anilines is 3. The molecule has 15 rings (SSSR count). The van der Waals surface area contributed by atoms with E-state index < -0.39 is 10.8 Å². The fourth-order valence-corrected chi connectivity index (χ4v) is 12.3. The monoisotopic (exact) mass is 843 g/mol. The minimum atomic E-state index is -0.568. The van der Waals surface area contributed by atoms with E-state index in [1.165, 1.54) is 44.5 Å². The first kappa shape index (κ1) is 35.8. The van der Waals surface area contributed by atoms with Crippen molar-refractivity contribution >= 4 is 39.0 Å². The van der Waals surface area contributed by atoms with Gasteiger partial charge in [-0.05, 0) is 105 Å². The van der Waals surface area contributed by atoms with Crippen molar-refractivity contribution in [3.8, 4) is 45.3 Å². The number of ether oxygens (including phenoxy) is 2. The van der Waals surface area contributed by atoms with Crippen LogP contribution in [0.5, 0.6) is 23.0 Å². The Morgan fingerprint density at radius 1 is 0.303 bits per heavy atom. The smallest absolute Gasteiger partial charge is 0.159 e. The van der Waals surface area contributed by atoms with Crippen LogP contribution in [0.4, 0.5) is 17.1 Å². The molecule has 4 nitrogen and oxygen atoms in total. The Morgan fingerprint density at radius 2 is 0.697 bits per heavy atom. The van der Waals surface area contributed by atoms with E-state index in [1.54, 1.807) is 0 Å². The van der Waals surface area contributed by atoms with Crippen LogP contribution in [0.2, 0.25) is 0 Å². The van der Waals surface area contributed by atoms with Crippen molar-refractivity contribution in [3.05, 3.63) is 269 Å².